The van der Waals surface area contributed by atoms with Gasteiger partial charge >= 0.3 is 0 Å². The Labute approximate surface area is 180 Å². The van der Waals surface area contributed by atoms with E-state index in [9.17, 15) is 18.0 Å². The van der Waals surface area contributed by atoms with Gasteiger partial charge in [-0.15, -0.1) is 0 Å². The van der Waals surface area contributed by atoms with Gasteiger partial charge in [-0.25, -0.2) is 28.1 Å². The number of anilines is 2. The van der Waals surface area contributed by atoms with E-state index >= 15 is 0 Å². The minimum absolute atomic E-state index is 0.129. The second kappa shape index (κ2) is 6.78. The van der Waals surface area contributed by atoms with Crippen LogP contribution in [0.2, 0.25) is 0 Å². The van der Waals surface area contributed by atoms with Gasteiger partial charge < -0.3 is 11.1 Å². The van der Waals surface area contributed by atoms with Crippen LogP contribution >= 0.6 is 0 Å². The highest BCUT2D eigenvalue weighted by molar-refractivity contribution is 6.06. The number of nitrogens with two attached hydrogens (primary N) is 1. The number of nitrogens with zero attached hydrogens (tertiary/aromatic N) is 4. The van der Waals surface area contributed by atoms with E-state index in [1.807, 2.05) is 0 Å². The predicted molar refractivity (Wildman–Crippen MR) is 111 cm³/mol. The molecule has 1 aliphatic heterocycles. The van der Waals surface area contributed by atoms with Gasteiger partial charge in [0.1, 0.15) is 17.5 Å². The lowest BCUT2D eigenvalue weighted by molar-refractivity contribution is -0.119. The Balaban J connectivity index is 1.67. The van der Waals surface area contributed by atoms with Gasteiger partial charge in [0.15, 0.2) is 23.3 Å². The van der Waals surface area contributed by atoms with E-state index < -0.39 is 28.4 Å². The van der Waals surface area contributed by atoms with Crippen LogP contribution in [0.25, 0.3) is 17.2 Å². The number of carbonyl (C=O) groups excluding carboxylic acids is 1. The summed E-state index contributed by atoms with van der Waals surface area (Å²) in [4.78, 5) is 25.6. The number of carbonyl (C=O) groups is 1. The molecular weight excluding hydrogens is 421 g/mol. The van der Waals surface area contributed by atoms with E-state index in [1.54, 1.807) is 42.6 Å². The number of aromatic nitrogens is 4. The first-order chi connectivity index (χ1) is 15.2. The summed E-state index contributed by atoms with van der Waals surface area (Å²) < 4.78 is 43.8. The maximum absolute atomic E-state index is 14.3. The normalized spacial score (nSPS) is 14.6. The Kier molecular flexibility index (Phi) is 4.23. The molecule has 0 radical (unpaired) electrons. The fraction of sp³-hybridized carbons (Fsp3) is 0.182. The molecule has 0 spiro atoms. The lowest BCUT2D eigenvalue weighted by Gasteiger charge is -2.16. The van der Waals surface area contributed by atoms with Gasteiger partial charge in [0.05, 0.1) is 22.2 Å². The maximum atomic E-state index is 14.3. The first-order valence-corrected chi connectivity index (χ1v) is 9.76. The van der Waals surface area contributed by atoms with Crippen LogP contribution in [0.3, 0.4) is 0 Å². The number of nitrogens with one attached hydrogen (secondary N) is 1. The van der Waals surface area contributed by atoms with Crippen molar-refractivity contribution in [1.29, 1.82) is 0 Å². The van der Waals surface area contributed by atoms with Crippen molar-refractivity contribution in [3.05, 3.63) is 70.8 Å². The van der Waals surface area contributed by atoms with Crippen LogP contribution in [-0.2, 0) is 16.6 Å². The van der Waals surface area contributed by atoms with Crippen LogP contribution in [0.1, 0.15) is 30.7 Å². The van der Waals surface area contributed by atoms with Crippen molar-refractivity contribution in [2.24, 2.45) is 0 Å². The number of benzene rings is 1. The summed E-state index contributed by atoms with van der Waals surface area (Å²) in [6, 6.07) is 6.81. The van der Waals surface area contributed by atoms with Crippen molar-refractivity contribution in [3.8, 4) is 11.6 Å². The molecule has 0 saturated heterocycles. The van der Waals surface area contributed by atoms with E-state index in [4.69, 9.17) is 5.73 Å². The SMILES string of the molecule is CC1(C)C(=O)Nc2nc(-c3nc(Cc4c(F)ccc(F)c4F)c4ccccn34)nc(N)c21. The highest BCUT2D eigenvalue weighted by Gasteiger charge is 2.42. The molecule has 32 heavy (non-hydrogen) atoms. The highest BCUT2D eigenvalue weighted by atomic mass is 19.2. The first kappa shape index (κ1) is 20.0. The molecule has 4 heterocycles. The third-order valence-corrected chi connectivity index (χ3v) is 5.67. The standard InChI is InChI=1S/C22H17F3N6O/c1-22(2)15-17(26)28-19(29-18(15)30-21(22)32)20-27-13(14-5-3-4-8-31(14)20)9-10-11(23)6-7-12(24)16(10)25/h3-8H,9H2,1-2H3,(H3,26,28,29,30,32). The molecule has 1 aromatic carbocycles. The number of hydrogen-bond acceptors (Lipinski definition) is 5. The molecule has 3 N–H and O–H groups in total. The van der Waals surface area contributed by atoms with Crippen LogP contribution in [0, 0.1) is 17.5 Å². The largest absolute Gasteiger partial charge is 0.383 e. The molecule has 0 atom stereocenters. The Morgan fingerprint density at radius 3 is 2.59 bits per heavy atom. The fourth-order valence-electron chi connectivity index (χ4n) is 3.95. The summed E-state index contributed by atoms with van der Waals surface area (Å²) in [5, 5.41) is 2.71. The van der Waals surface area contributed by atoms with E-state index in [-0.39, 0.29) is 29.8 Å². The topological polar surface area (TPSA) is 98.2 Å². The Bertz CT molecular complexity index is 1430. The summed E-state index contributed by atoms with van der Waals surface area (Å²) in [6.07, 6.45) is 1.40. The van der Waals surface area contributed by atoms with E-state index in [1.165, 1.54) is 0 Å². The average Bonchev–Trinajstić information content (AvgIpc) is 3.22. The lowest BCUT2D eigenvalue weighted by Crippen LogP contribution is -2.27. The third kappa shape index (κ3) is 2.83. The van der Waals surface area contributed by atoms with Crippen LogP contribution in [0.5, 0.6) is 0 Å². The van der Waals surface area contributed by atoms with Crippen molar-refractivity contribution in [2.75, 3.05) is 11.1 Å². The van der Waals surface area contributed by atoms with Crippen molar-refractivity contribution >= 4 is 23.1 Å². The second-order valence-electron chi connectivity index (χ2n) is 8.07. The molecule has 4 aromatic rings. The Morgan fingerprint density at radius 2 is 1.81 bits per heavy atom. The highest BCUT2D eigenvalue weighted by Crippen LogP contribution is 2.40. The molecular formula is C22H17F3N6O. The van der Waals surface area contributed by atoms with Crippen LogP contribution in [0.4, 0.5) is 24.8 Å². The number of fused-ring (bicyclic) bond motifs is 2. The third-order valence-electron chi connectivity index (χ3n) is 5.67. The fourth-order valence-corrected chi connectivity index (χ4v) is 3.95. The van der Waals surface area contributed by atoms with Crippen LogP contribution < -0.4 is 11.1 Å². The zero-order valence-electron chi connectivity index (χ0n) is 17.1. The van der Waals surface area contributed by atoms with Crippen molar-refractivity contribution < 1.29 is 18.0 Å². The van der Waals surface area contributed by atoms with E-state index in [0.717, 1.165) is 12.1 Å². The Morgan fingerprint density at radius 1 is 1.06 bits per heavy atom. The van der Waals surface area contributed by atoms with Crippen LogP contribution in [0.15, 0.2) is 36.5 Å². The molecule has 0 unspecified atom stereocenters. The van der Waals surface area contributed by atoms with Crippen molar-refractivity contribution in [3.63, 3.8) is 0 Å². The quantitative estimate of drug-likeness (QED) is 0.476. The van der Waals surface area contributed by atoms with Crippen molar-refractivity contribution in [2.45, 2.75) is 25.7 Å². The van der Waals surface area contributed by atoms with Gasteiger partial charge in [-0.05, 0) is 38.1 Å². The number of amides is 1. The lowest BCUT2D eigenvalue weighted by atomic mass is 9.87. The molecule has 0 fully saturated rings. The zero-order valence-corrected chi connectivity index (χ0v) is 17.1. The molecule has 1 aliphatic rings. The summed E-state index contributed by atoms with van der Waals surface area (Å²) in [5.74, 6) is -2.70. The maximum Gasteiger partial charge on any atom is 0.235 e. The summed E-state index contributed by atoms with van der Waals surface area (Å²) >= 11 is 0. The minimum Gasteiger partial charge on any atom is -0.383 e. The molecule has 1 amide bonds. The molecule has 0 aliphatic carbocycles. The van der Waals surface area contributed by atoms with Gasteiger partial charge in [-0.1, -0.05) is 6.07 Å². The first-order valence-electron chi connectivity index (χ1n) is 9.76. The predicted octanol–water partition coefficient (Wildman–Crippen LogP) is 3.61. The number of halogens is 3. The molecule has 5 rings (SSSR count). The Hall–Kier alpha value is -3.95. The van der Waals surface area contributed by atoms with E-state index in [2.05, 4.69) is 20.3 Å². The molecule has 10 heteroatoms. The molecule has 7 nitrogen and oxygen atoms in total. The molecule has 162 valence electrons. The monoisotopic (exact) mass is 438 g/mol. The zero-order chi connectivity index (χ0) is 22.8. The summed E-state index contributed by atoms with van der Waals surface area (Å²) in [6.45, 7) is 3.44. The van der Waals surface area contributed by atoms with Crippen LogP contribution in [-0.4, -0.2) is 25.3 Å². The number of pyridine rings is 1. The number of rotatable bonds is 3. The molecule has 3 aromatic heterocycles. The number of imidazole rings is 1. The summed E-state index contributed by atoms with van der Waals surface area (Å²) in [7, 11) is 0. The van der Waals surface area contributed by atoms with Gasteiger partial charge in [0.25, 0.3) is 0 Å². The molecule has 0 saturated carbocycles. The van der Waals surface area contributed by atoms with Crippen molar-refractivity contribution in [1.82, 2.24) is 19.4 Å². The van der Waals surface area contributed by atoms with Gasteiger partial charge in [0.2, 0.25) is 5.91 Å². The second-order valence-corrected chi connectivity index (χ2v) is 8.07. The van der Waals surface area contributed by atoms with Gasteiger partial charge in [-0.3, -0.25) is 9.20 Å². The van der Waals surface area contributed by atoms with E-state index in [0.29, 0.717) is 22.6 Å². The van der Waals surface area contributed by atoms with Gasteiger partial charge in [-0.2, -0.15) is 0 Å². The molecule has 0 bridgehead atoms. The summed E-state index contributed by atoms with van der Waals surface area (Å²) in [5.41, 5.74) is 6.18. The number of nitrogen functional groups attached to an aromatic ring is 1. The average molecular weight is 438 g/mol. The van der Waals surface area contributed by atoms with Gasteiger partial charge in [0, 0.05) is 18.2 Å². The number of hydrogen-bond donors (Lipinski definition) is 2. The smallest absolute Gasteiger partial charge is 0.235 e. The minimum atomic E-state index is -1.26.